The summed E-state index contributed by atoms with van der Waals surface area (Å²) in [7, 11) is 0. The summed E-state index contributed by atoms with van der Waals surface area (Å²) in [6.45, 7) is 1.93. The number of ether oxygens (including phenoxy) is 1. The third kappa shape index (κ3) is 3.30. The second-order valence-electron chi connectivity index (χ2n) is 6.60. The minimum absolute atomic E-state index is 0.106. The first kappa shape index (κ1) is 15.8. The standard InChI is InChI=1S/C17H23N3O3/c1-11-14(3-2-10-19-11)23-13-6-4-12(5-7-13)20-16(22)17(8-9-17)15(18)21/h2-3,10,12-13H,4-9H2,1H3,(H2,18,21)(H,20,22). The number of rotatable bonds is 5. The van der Waals surface area contributed by atoms with Gasteiger partial charge in [0.2, 0.25) is 11.8 Å². The summed E-state index contributed by atoms with van der Waals surface area (Å²) >= 11 is 0. The molecule has 0 aliphatic heterocycles. The lowest BCUT2D eigenvalue weighted by Crippen LogP contribution is -2.46. The van der Waals surface area contributed by atoms with Gasteiger partial charge in [0.05, 0.1) is 11.8 Å². The van der Waals surface area contributed by atoms with E-state index in [2.05, 4.69) is 10.3 Å². The summed E-state index contributed by atoms with van der Waals surface area (Å²) in [5.74, 6) is 0.127. The second kappa shape index (κ2) is 6.18. The maximum Gasteiger partial charge on any atom is 0.235 e. The van der Waals surface area contributed by atoms with E-state index in [9.17, 15) is 9.59 Å². The number of carbonyl (C=O) groups excluding carboxylic acids is 2. The molecule has 23 heavy (non-hydrogen) atoms. The van der Waals surface area contributed by atoms with Crippen molar-refractivity contribution in [1.82, 2.24) is 10.3 Å². The molecule has 1 aromatic rings. The van der Waals surface area contributed by atoms with Gasteiger partial charge in [-0.05, 0) is 57.6 Å². The van der Waals surface area contributed by atoms with Crippen LogP contribution in [0, 0.1) is 12.3 Å². The van der Waals surface area contributed by atoms with Gasteiger partial charge in [0.15, 0.2) is 0 Å². The molecule has 6 nitrogen and oxygen atoms in total. The Hall–Kier alpha value is -2.11. The summed E-state index contributed by atoms with van der Waals surface area (Å²) in [6, 6.07) is 3.90. The molecule has 2 aliphatic rings. The summed E-state index contributed by atoms with van der Waals surface area (Å²) in [6.07, 6.45) is 6.51. The van der Waals surface area contributed by atoms with Crippen molar-refractivity contribution in [3.8, 4) is 5.75 Å². The Kier molecular flexibility index (Phi) is 4.24. The van der Waals surface area contributed by atoms with Crippen LogP contribution in [0.3, 0.4) is 0 Å². The highest BCUT2D eigenvalue weighted by Crippen LogP contribution is 2.45. The lowest BCUT2D eigenvalue weighted by Gasteiger charge is -2.30. The van der Waals surface area contributed by atoms with Gasteiger partial charge in [-0.15, -0.1) is 0 Å². The molecule has 3 rings (SSSR count). The number of aryl methyl sites for hydroxylation is 1. The van der Waals surface area contributed by atoms with Crippen LogP contribution >= 0.6 is 0 Å². The van der Waals surface area contributed by atoms with E-state index in [4.69, 9.17) is 10.5 Å². The largest absolute Gasteiger partial charge is 0.489 e. The number of primary amides is 1. The van der Waals surface area contributed by atoms with Crippen molar-refractivity contribution in [3.05, 3.63) is 24.0 Å². The second-order valence-corrected chi connectivity index (χ2v) is 6.60. The normalized spacial score (nSPS) is 25.4. The fourth-order valence-corrected chi connectivity index (χ4v) is 3.13. The number of nitrogens with one attached hydrogen (secondary N) is 1. The van der Waals surface area contributed by atoms with E-state index in [1.165, 1.54) is 0 Å². The van der Waals surface area contributed by atoms with Crippen LogP contribution in [-0.4, -0.2) is 28.9 Å². The predicted molar refractivity (Wildman–Crippen MR) is 84.7 cm³/mol. The van der Waals surface area contributed by atoms with Gasteiger partial charge in [-0.2, -0.15) is 0 Å². The number of aromatic nitrogens is 1. The van der Waals surface area contributed by atoms with E-state index in [0.717, 1.165) is 37.1 Å². The molecule has 124 valence electrons. The predicted octanol–water partition coefficient (Wildman–Crippen LogP) is 1.46. The van der Waals surface area contributed by atoms with E-state index in [1.54, 1.807) is 6.20 Å². The van der Waals surface area contributed by atoms with Gasteiger partial charge in [0.25, 0.3) is 0 Å². The number of hydrogen-bond acceptors (Lipinski definition) is 4. The molecular weight excluding hydrogens is 294 g/mol. The third-order valence-electron chi connectivity index (χ3n) is 4.92. The molecule has 0 unspecified atom stereocenters. The molecule has 1 heterocycles. The highest BCUT2D eigenvalue weighted by atomic mass is 16.5. The van der Waals surface area contributed by atoms with E-state index in [-0.39, 0.29) is 18.1 Å². The average molecular weight is 317 g/mol. The molecule has 2 amide bonds. The van der Waals surface area contributed by atoms with E-state index >= 15 is 0 Å². The van der Waals surface area contributed by atoms with Gasteiger partial charge in [0.1, 0.15) is 11.2 Å². The molecule has 2 saturated carbocycles. The SMILES string of the molecule is Cc1ncccc1OC1CCC(NC(=O)C2(C(N)=O)CC2)CC1. The molecule has 3 N–H and O–H groups in total. The van der Waals surface area contributed by atoms with Crippen molar-refractivity contribution in [2.24, 2.45) is 11.1 Å². The molecule has 0 atom stereocenters. The zero-order valence-electron chi connectivity index (χ0n) is 13.4. The highest BCUT2D eigenvalue weighted by Gasteiger charge is 2.55. The van der Waals surface area contributed by atoms with Gasteiger partial charge in [0, 0.05) is 12.2 Å². The molecule has 1 aromatic heterocycles. The van der Waals surface area contributed by atoms with Crippen LogP contribution in [0.1, 0.15) is 44.2 Å². The topological polar surface area (TPSA) is 94.3 Å². The van der Waals surface area contributed by atoms with Crippen LogP contribution < -0.4 is 15.8 Å². The summed E-state index contributed by atoms with van der Waals surface area (Å²) in [4.78, 5) is 27.8. The maximum atomic E-state index is 12.2. The van der Waals surface area contributed by atoms with Crippen LogP contribution in [0.25, 0.3) is 0 Å². The average Bonchev–Trinajstić information content (AvgIpc) is 3.33. The van der Waals surface area contributed by atoms with Gasteiger partial charge in [-0.1, -0.05) is 0 Å². The molecule has 0 bridgehead atoms. The number of pyridine rings is 1. The fourth-order valence-electron chi connectivity index (χ4n) is 3.13. The van der Waals surface area contributed by atoms with Crippen LogP contribution in [0.4, 0.5) is 0 Å². The maximum absolute atomic E-state index is 12.2. The number of nitrogens with zero attached hydrogens (tertiary/aromatic N) is 1. The zero-order chi connectivity index (χ0) is 16.4. The van der Waals surface area contributed by atoms with Gasteiger partial charge < -0.3 is 15.8 Å². The molecule has 2 aliphatic carbocycles. The van der Waals surface area contributed by atoms with Gasteiger partial charge in [-0.3, -0.25) is 14.6 Å². The first-order valence-corrected chi connectivity index (χ1v) is 8.20. The van der Waals surface area contributed by atoms with E-state index in [0.29, 0.717) is 12.8 Å². The van der Waals surface area contributed by atoms with Crippen molar-refractivity contribution < 1.29 is 14.3 Å². The van der Waals surface area contributed by atoms with Crippen molar-refractivity contribution in [3.63, 3.8) is 0 Å². The third-order valence-corrected chi connectivity index (χ3v) is 4.92. The van der Waals surface area contributed by atoms with Crippen LogP contribution in [0.15, 0.2) is 18.3 Å². The Balaban J connectivity index is 1.48. The minimum atomic E-state index is -0.930. The molecule has 0 radical (unpaired) electrons. The molecule has 0 saturated heterocycles. The number of carbonyl (C=O) groups is 2. The summed E-state index contributed by atoms with van der Waals surface area (Å²) in [5.41, 5.74) is 5.29. The monoisotopic (exact) mass is 317 g/mol. The van der Waals surface area contributed by atoms with Crippen molar-refractivity contribution in [1.29, 1.82) is 0 Å². The van der Waals surface area contributed by atoms with Gasteiger partial charge >= 0.3 is 0 Å². The smallest absolute Gasteiger partial charge is 0.235 e. The Morgan fingerprint density at radius 1 is 1.30 bits per heavy atom. The lowest BCUT2D eigenvalue weighted by molar-refractivity contribution is -0.136. The molecular formula is C17H23N3O3. The molecule has 0 aromatic carbocycles. The van der Waals surface area contributed by atoms with Crippen LogP contribution in [0.2, 0.25) is 0 Å². The lowest BCUT2D eigenvalue weighted by atomic mass is 9.92. The minimum Gasteiger partial charge on any atom is -0.489 e. The molecule has 6 heteroatoms. The Bertz CT molecular complexity index is 605. The van der Waals surface area contributed by atoms with E-state index in [1.807, 2.05) is 19.1 Å². The zero-order valence-corrected chi connectivity index (χ0v) is 13.4. The van der Waals surface area contributed by atoms with Crippen molar-refractivity contribution >= 4 is 11.8 Å². The first-order valence-electron chi connectivity index (χ1n) is 8.20. The van der Waals surface area contributed by atoms with Crippen molar-refractivity contribution in [2.75, 3.05) is 0 Å². The first-order chi connectivity index (χ1) is 11.0. The number of hydrogen-bond donors (Lipinski definition) is 2. The Morgan fingerprint density at radius 3 is 2.57 bits per heavy atom. The quantitative estimate of drug-likeness (QED) is 0.804. The van der Waals surface area contributed by atoms with Crippen LogP contribution in [0.5, 0.6) is 5.75 Å². The Labute approximate surface area is 135 Å². The number of nitrogens with two attached hydrogens (primary N) is 1. The fraction of sp³-hybridized carbons (Fsp3) is 0.588. The number of amides is 2. The summed E-state index contributed by atoms with van der Waals surface area (Å²) in [5, 5.41) is 2.99. The summed E-state index contributed by atoms with van der Waals surface area (Å²) < 4.78 is 6.01. The van der Waals surface area contributed by atoms with Crippen LogP contribution in [-0.2, 0) is 9.59 Å². The molecule has 2 fully saturated rings. The van der Waals surface area contributed by atoms with E-state index < -0.39 is 11.3 Å². The van der Waals surface area contributed by atoms with Crippen molar-refractivity contribution in [2.45, 2.75) is 57.6 Å². The van der Waals surface area contributed by atoms with Gasteiger partial charge in [-0.25, -0.2) is 0 Å². The highest BCUT2D eigenvalue weighted by molar-refractivity contribution is 6.07. The Morgan fingerprint density at radius 2 is 2.00 bits per heavy atom. The molecule has 0 spiro atoms.